The summed E-state index contributed by atoms with van der Waals surface area (Å²) in [6, 6.07) is 13.6. The predicted octanol–water partition coefficient (Wildman–Crippen LogP) is 4.68. The van der Waals surface area contributed by atoms with Crippen LogP contribution in [0.4, 0.5) is 15.0 Å². The third-order valence-corrected chi connectivity index (χ3v) is 6.96. The van der Waals surface area contributed by atoms with Crippen LogP contribution in [0.1, 0.15) is 36.8 Å². The summed E-state index contributed by atoms with van der Waals surface area (Å²) < 4.78 is 20.3. The monoisotopic (exact) mass is 489 g/mol. The topological polar surface area (TPSA) is 94.5 Å². The number of aromatic amines is 1. The minimum atomic E-state index is -0.774. The van der Waals surface area contributed by atoms with Crippen LogP contribution in [0.2, 0.25) is 0 Å². The van der Waals surface area contributed by atoms with Gasteiger partial charge >= 0.3 is 6.09 Å². The van der Waals surface area contributed by atoms with Gasteiger partial charge in [-0.1, -0.05) is 30.3 Å². The fourth-order valence-electron chi connectivity index (χ4n) is 4.83. The second-order valence-electron chi connectivity index (χ2n) is 9.70. The van der Waals surface area contributed by atoms with Gasteiger partial charge in [-0.2, -0.15) is 4.39 Å². The molecular formula is C28H30FN4O3+. The van der Waals surface area contributed by atoms with Crippen LogP contribution < -0.4 is 15.6 Å². The van der Waals surface area contributed by atoms with Crippen LogP contribution in [-0.2, 0) is 16.1 Å². The smallest absolute Gasteiger partial charge is 0.408 e. The SMILES string of the molecule is Cc1cc[nH+]cc1-c1ccc(NC(=O)[C@@H](NC(=O)OCc2ccccc2)C(C2CC2)C2CC2)nc1F. The molecule has 0 bridgehead atoms. The highest BCUT2D eigenvalue weighted by atomic mass is 19.1. The molecule has 1 aromatic carbocycles. The maximum Gasteiger partial charge on any atom is 0.408 e. The molecule has 2 amide bonds. The van der Waals surface area contributed by atoms with Crippen LogP contribution in [0, 0.1) is 30.6 Å². The summed E-state index contributed by atoms with van der Waals surface area (Å²) in [5.41, 5.74) is 2.81. The second kappa shape index (κ2) is 10.4. The number of ether oxygens (including phenoxy) is 1. The fraction of sp³-hybridized carbons (Fsp3) is 0.357. The van der Waals surface area contributed by atoms with Gasteiger partial charge in [0.1, 0.15) is 18.5 Å². The van der Waals surface area contributed by atoms with Gasteiger partial charge in [-0.25, -0.2) is 14.8 Å². The summed E-state index contributed by atoms with van der Waals surface area (Å²) in [5.74, 6) is -0.156. The zero-order valence-corrected chi connectivity index (χ0v) is 20.2. The van der Waals surface area contributed by atoms with Crippen LogP contribution in [0.25, 0.3) is 11.1 Å². The van der Waals surface area contributed by atoms with E-state index in [0.717, 1.165) is 36.8 Å². The number of aromatic nitrogens is 2. The van der Waals surface area contributed by atoms with E-state index < -0.39 is 24.0 Å². The molecule has 3 aromatic rings. The summed E-state index contributed by atoms with van der Waals surface area (Å²) in [6.07, 6.45) is 7.01. The van der Waals surface area contributed by atoms with Crippen LogP contribution in [0.15, 0.2) is 60.9 Å². The molecule has 2 aliphatic carbocycles. The Hall–Kier alpha value is -3.81. The second-order valence-corrected chi connectivity index (χ2v) is 9.70. The normalized spacial score (nSPS) is 15.9. The fourth-order valence-corrected chi connectivity index (χ4v) is 4.83. The van der Waals surface area contributed by atoms with Crippen molar-refractivity contribution in [3.8, 4) is 11.1 Å². The van der Waals surface area contributed by atoms with Gasteiger partial charge in [-0.3, -0.25) is 4.79 Å². The first-order valence-electron chi connectivity index (χ1n) is 12.4. The third-order valence-electron chi connectivity index (χ3n) is 6.96. The van der Waals surface area contributed by atoms with E-state index in [9.17, 15) is 14.0 Å². The molecule has 0 unspecified atom stereocenters. The summed E-state index contributed by atoms with van der Waals surface area (Å²) >= 11 is 0. The number of carbonyl (C=O) groups is 2. The number of pyridine rings is 2. The van der Waals surface area contributed by atoms with Crippen LogP contribution in [0.5, 0.6) is 0 Å². The van der Waals surface area contributed by atoms with Gasteiger partial charge in [0.25, 0.3) is 0 Å². The first-order chi connectivity index (χ1) is 17.5. The number of alkyl carbamates (subject to hydrolysis) is 1. The van der Waals surface area contributed by atoms with Crippen LogP contribution in [0.3, 0.4) is 0 Å². The van der Waals surface area contributed by atoms with Crippen molar-refractivity contribution >= 4 is 17.8 Å². The Kier molecular flexibility index (Phi) is 6.93. The molecule has 8 heteroatoms. The molecular weight excluding hydrogens is 459 g/mol. The molecule has 0 saturated heterocycles. The predicted molar refractivity (Wildman–Crippen MR) is 132 cm³/mol. The molecule has 2 aliphatic rings. The molecule has 2 heterocycles. The summed E-state index contributed by atoms with van der Waals surface area (Å²) in [7, 11) is 0. The number of benzene rings is 1. The Morgan fingerprint density at radius 2 is 1.78 bits per heavy atom. The van der Waals surface area contributed by atoms with Crippen LogP contribution in [-0.4, -0.2) is 23.0 Å². The largest absolute Gasteiger partial charge is 0.445 e. The molecule has 0 spiro atoms. The number of amides is 2. The number of nitrogens with one attached hydrogen (secondary N) is 3. The van der Waals surface area contributed by atoms with Gasteiger partial charge in [-0.05, 0) is 73.6 Å². The number of hydrogen-bond acceptors (Lipinski definition) is 4. The van der Waals surface area contributed by atoms with Crippen molar-refractivity contribution < 1.29 is 23.7 Å². The molecule has 7 nitrogen and oxygen atoms in total. The number of H-pyrrole nitrogens is 1. The number of anilines is 1. The first-order valence-corrected chi connectivity index (χ1v) is 12.4. The van der Waals surface area contributed by atoms with E-state index in [1.54, 1.807) is 24.5 Å². The van der Waals surface area contributed by atoms with Crippen molar-refractivity contribution in [3.63, 3.8) is 0 Å². The number of rotatable bonds is 9. The average Bonchev–Trinajstić information content (AvgIpc) is 3.79. The van der Waals surface area contributed by atoms with Gasteiger partial charge in [-0.15, -0.1) is 0 Å². The number of halogens is 1. The molecule has 0 radical (unpaired) electrons. The van der Waals surface area contributed by atoms with Gasteiger partial charge in [0.2, 0.25) is 11.9 Å². The summed E-state index contributed by atoms with van der Waals surface area (Å²) in [4.78, 5) is 33.0. The lowest BCUT2D eigenvalue weighted by atomic mass is 9.89. The van der Waals surface area contributed by atoms with E-state index in [2.05, 4.69) is 20.6 Å². The van der Waals surface area contributed by atoms with Crippen molar-refractivity contribution in [2.24, 2.45) is 17.8 Å². The van der Waals surface area contributed by atoms with Crippen molar-refractivity contribution in [1.82, 2.24) is 10.3 Å². The van der Waals surface area contributed by atoms with E-state index in [4.69, 9.17) is 4.74 Å². The van der Waals surface area contributed by atoms with Gasteiger partial charge in [0.05, 0.1) is 5.56 Å². The van der Waals surface area contributed by atoms with Crippen molar-refractivity contribution in [1.29, 1.82) is 0 Å². The van der Waals surface area contributed by atoms with Gasteiger partial charge < -0.3 is 15.4 Å². The Morgan fingerprint density at radius 1 is 1.06 bits per heavy atom. The number of aryl methyl sites for hydroxylation is 1. The standard InChI is InChI=1S/C28H29FN4O3/c1-17-13-14-30-15-22(17)21-11-12-23(31-26(21)29)32-27(34)25(24(19-7-8-19)20-9-10-20)33-28(35)36-16-18-5-3-2-4-6-18/h2-6,11-15,19-20,24-25H,7-10,16H2,1H3,(H,33,35)(H,31,32,34)/p+1/t25-/m0/s1. The maximum atomic E-state index is 14.9. The van der Waals surface area contributed by atoms with Gasteiger partial charge in [0, 0.05) is 11.6 Å². The lowest BCUT2D eigenvalue weighted by Crippen LogP contribution is -2.50. The van der Waals surface area contributed by atoms with E-state index in [1.165, 1.54) is 0 Å². The minimum absolute atomic E-state index is 0.0286. The Morgan fingerprint density at radius 3 is 2.42 bits per heavy atom. The third kappa shape index (κ3) is 5.70. The Labute approximate surface area is 209 Å². The first kappa shape index (κ1) is 23.9. The maximum absolute atomic E-state index is 14.9. The molecule has 3 N–H and O–H groups in total. The molecule has 1 atom stereocenters. The van der Waals surface area contributed by atoms with Crippen molar-refractivity contribution in [3.05, 3.63) is 78.0 Å². The average molecular weight is 490 g/mol. The van der Waals surface area contributed by atoms with E-state index in [-0.39, 0.29) is 18.3 Å². The number of nitrogens with zero attached hydrogens (tertiary/aromatic N) is 1. The zero-order valence-electron chi connectivity index (χ0n) is 20.2. The van der Waals surface area contributed by atoms with Gasteiger partial charge in [0.15, 0.2) is 12.4 Å². The Bertz CT molecular complexity index is 1230. The molecule has 2 aromatic heterocycles. The van der Waals surface area contributed by atoms with Crippen molar-refractivity contribution in [2.75, 3.05) is 5.32 Å². The molecule has 5 rings (SSSR count). The minimum Gasteiger partial charge on any atom is -0.445 e. The highest BCUT2D eigenvalue weighted by Crippen LogP contribution is 2.50. The van der Waals surface area contributed by atoms with E-state index >= 15 is 0 Å². The van der Waals surface area contributed by atoms with E-state index in [0.29, 0.717) is 23.0 Å². The Balaban J connectivity index is 1.30. The highest BCUT2D eigenvalue weighted by molar-refractivity contribution is 5.96. The molecule has 186 valence electrons. The lowest BCUT2D eigenvalue weighted by Gasteiger charge is -2.27. The quantitative estimate of drug-likeness (QED) is 0.427. The zero-order chi connectivity index (χ0) is 25.1. The lowest BCUT2D eigenvalue weighted by molar-refractivity contribution is -0.377. The van der Waals surface area contributed by atoms with Crippen LogP contribution >= 0.6 is 0 Å². The summed E-state index contributed by atoms with van der Waals surface area (Å²) in [5, 5.41) is 5.54. The molecule has 2 fully saturated rings. The van der Waals surface area contributed by atoms with E-state index in [1.807, 2.05) is 43.3 Å². The number of carbonyl (C=O) groups excluding carboxylic acids is 2. The van der Waals surface area contributed by atoms with Crippen molar-refractivity contribution in [2.45, 2.75) is 45.3 Å². The highest BCUT2D eigenvalue weighted by Gasteiger charge is 2.48. The molecule has 36 heavy (non-hydrogen) atoms. The molecule has 0 aliphatic heterocycles. The summed E-state index contributed by atoms with van der Waals surface area (Å²) in [6.45, 7) is 2.00. The molecule has 2 saturated carbocycles. The number of hydrogen-bond donors (Lipinski definition) is 2.